The Hall–Kier alpha value is -1.92. The molecule has 0 radical (unpaired) electrons. The molecule has 1 saturated heterocycles. The molecular formula is C22H29N3O2S. The SMILES string of the molecule is CC1CC=C(c2ccc3sc(C4CN(C)C4)nc3c2)N(C(=O)OC(C)(C)C)C1. The zero-order chi connectivity index (χ0) is 20.1. The second-order valence-corrected chi connectivity index (χ2v) is 10.2. The summed E-state index contributed by atoms with van der Waals surface area (Å²) in [6.45, 7) is 10.7. The van der Waals surface area contributed by atoms with Gasteiger partial charge in [0.1, 0.15) is 5.60 Å². The van der Waals surface area contributed by atoms with Gasteiger partial charge in [-0.1, -0.05) is 19.1 Å². The summed E-state index contributed by atoms with van der Waals surface area (Å²) in [6, 6.07) is 6.37. The number of benzene rings is 1. The molecule has 3 heterocycles. The molecule has 1 aromatic carbocycles. The summed E-state index contributed by atoms with van der Waals surface area (Å²) >= 11 is 1.79. The molecule has 2 aromatic rings. The van der Waals surface area contributed by atoms with Gasteiger partial charge >= 0.3 is 6.09 Å². The first-order valence-electron chi connectivity index (χ1n) is 9.99. The molecule has 5 nitrogen and oxygen atoms in total. The van der Waals surface area contributed by atoms with Crippen molar-refractivity contribution in [3.05, 3.63) is 34.8 Å². The number of carbonyl (C=O) groups excluding carboxylic acids is 1. The molecule has 28 heavy (non-hydrogen) atoms. The highest BCUT2D eigenvalue weighted by molar-refractivity contribution is 7.18. The third kappa shape index (κ3) is 3.94. The second kappa shape index (κ2) is 7.16. The van der Waals surface area contributed by atoms with E-state index in [4.69, 9.17) is 9.72 Å². The molecule has 2 aliphatic heterocycles. The minimum absolute atomic E-state index is 0.276. The van der Waals surface area contributed by atoms with Crippen molar-refractivity contribution in [3.8, 4) is 0 Å². The molecule has 1 amide bonds. The van der Waals surface area contributed by atoms with Crippen molar-refractivity contribution >= 4 is 33.3 Å². The van der Waals surface area contributed by atoms with Gasteiger partial charge in [0.25, 0.3) is 0 Å². The van der Waals surface area contributed by atoms with E-state index in [9.17, 15) is 4.79 Å². The molecule has 0 aliphatic carbocycles. The summed E-state index contributed by atoms with van der Waals surface area (Å²) < 4.78 is 6.87. The number of fused-ring (bicyclic) bond motifs is 1. The van der Waals surface area contributed by atoms with Gasteiger partial charge in [-0.05, 0) is 52.3 Å². The average molecular weight is 400 g/mol. The Balaban J connectivity index is 1.63. The van der Waals surface area contributed by atoms with Gasteiger partial charge in [-0.15, -0.1) is 11.3 Å². The fourth-order valence-electron chi connectivity index (χ4n) is 3.81. The lowest BCUT2D eigenvalue weighted by Gasteiger charge is -2.34. The standard InChI is InChI=1S/C22H29N3O2S/c1-14-6-8-18(25(11-14)21(26)27-22(2,3)4)15-7-9-19-17(10-15)23-20(28-19)16-12-24(5)13-16/h7-10,14,16H,6,11-13H2,1-5H3. The van der Waals surface area contributed by atoms with E-state index < -0.39 is 5.60 Å². The van der Waals surface area contributed by atoms with Gasteiger partial charge in [-0.25, -0.2) is 9.78 Å². The summed E-state index contributed by atoms with van der Waals surface area (Å²) in [6.07, 6.45) is 2.85. The average Bonchev–Trinajstić information content (AvgIpc) is 3.00. The second-order valence-electron chi connectivity index (χ2n) is 9.17. The van der Waals surface area contributed by atoms with E-state index in [0.717, 1.165) is 36.3 Å². The Bertz CT molecular complexity index is 921. The minimum atomic E-state index is -0.507. The number of thiazole rings is 1. The molecule has 0 spiro atoms. The van der Waals surface area contributed by atoms with E-state index in [-0.39, 0.29) is 6.09 Å². The number of amides is 1. The van der Waals surface area contributed by atoms with Crippen molar-refractivity contribution in [2.45, 2.75) is 45.6 Å². The number of ether oxygens (including phenoxy) is 1. The van der Waals surface area contributed by atoms with Crippen LogP contribution in [0.25, 0.3) is 15.9 Å². The van der Waals surface area contributed by atoms with E-state index in [0.29, 0.717) is 18.4 Å². The first-order chi connectivity index (χ1) is 13.2. The lowest BCUT2D eigenvalue weighted by Crippen LogP contribution is -2.41. The van der Waals surface area contributed by atoms with Crippen LogP contribution in [0.2, 0.25) is 0 Å². The fourth-order valence-corrected chi connectivity index (χ4v) is 4.84. The third-order valence-corrected chi connectivity index (χ3v) is 6.42. The molecule has 6 heteroatoms. The topological polar surface area (TPSA) is 45.7 Å². The summed E-state index contributed by atoms with van der Waals surface area (Å²) in [5, 5.41) is 1.22. The Labute approximate surface area is 171 Å². The predicted octanol–water partition coefficient (Wildman–Crippen LogP) is 4.94. The predicted molar refractivity (Wildman–Crippen MR) is 115 cm³/mol. The number of hydrogen-bond acceptors (Lipinski definition) is 5. The Morgan fingerprint density at radius 2 is 2.00 bits per heavy atom. The van der Waals surface area contributed by atoms with Crippen molar-refractivity contribution in [3.63, 3.8) is 0 Å². The highest BCUT2D eigenvalue weighted by atomic mass is 32.1. The monoisotopic (exact) mass is 399 g/mol. The molecule has 2 aliphatic rings. The molecule has 0 N–H and O–H groups in total. The van der Waals surface area contributed by atoms with Crippen LogP contribution in [0.1, 0.15) is 50.6 Å². The summed E-state index contributed by atoms with van der Waals surface area (Å²) in [7, 11) is 2.14. The lowest BCUT2D eigenvalue weighted by atomic mass is 9.98. The van der Waals surface area contributed by atoms with Gasteiger partial charge in [0.2, 0.25) is 0 Å². The Morgan fingerprint density at radius 1 is 1.25 bits per heavy atom. The Kier molecular flexibility index (Phi) is 4.96. The largest absolute Gasteiger partial charge is 0.443 e. The number of likely N-dealkylation sites (N-methyl/N-ethyl adjacent to an activating group) is 1. The van der Waals surface area contributed by atoms with Crippen molar-refractivity contribution in [1.29, 1.82) is 0 Å². The van der Waals surface area contributed by atoms with Gasteiger partial charge < -0.3 is 9.64 Å². The van der Waals surface area contributed by atoms with E-state index in [1.54, 1.807) is 16.2 Å². The van der Waals surface area contributed by atoms with Crippen molar-refractivity contribution in [2.75, 3.05) is 26.7 Å². The Morgan fingerprint density at radius 3 is 2.68 bits per heavy atom. The van der Waals surface area contributed by atoms with Crippen LogP contribution in [0, 0.1) is 5.92 Å². The van der Waals surface area contributed by atoms with Gasteiger partial charge in [0.05, 0.1) is 20.9 Å². The van der Waals surface area contributed by atoms with Crippen molar-refractivity contribution in [1.82, 2.24) is 14.8 Å². The highest BCUT2D eigenvalue weighted by Crippen LogP contribution is 2.35. The van der Waals surface area contributed by atoms with Gasteiger partial charge in [-0.3, -0.25) is 4.90 Å². The minimum Gasteiger partial charge on any atom is -0.443 e. The maximum Gasteiger partial charge on any atom is 0.414 e. The van der Waals surface area contributed by atoms with Crippen LogP contribution < -0.4 is 0 Å². The molecule has 1 fully saturated rings. The molecule has 1 aromatic heterocycles. The molecule has 1 atom stereocenters. The number of aromatic nitrogens is 1. The molecule has 0 saturated carbocycles. The summed E-state index contributed by atoms with van der Waals surface area (Å²) in [4.78, 5) is 21.8. The van der Waals surface area contributed by atoms with E-state index in [1.807, 2.05) is 20.8 Å². The molecule has 4 rings (SSSR count). The maximum atomic E-state index is 12.8. The highest BCUT2D eigenvalue weighted by Gasteiger charge is 2.30. The third-order valence-electron chi connectivity index (χ3n) is 5.23. The molecule has 1 unspecified atom stereocenters. The number of likely N-dealkylation sites (tertiary alicyclic amines) is 1. The van der Waals surface area contributed by atoms with E-state index >= 15 is 0 Å². The lowest BCUT2D eigenvalue weighted by molar-refractivity contribution is 0.0327. The van der Waals surface area contributed by atoms with Crippen LogP contribution in [0.5, 0.6) is 0 Å². The zero-order valence-corrected chi connectivity index (χ0v) is 18.2. The zero-order valence-electron chi connectivity index (χ0n) is 17.4. The summed E-state index contributed by atoms with van der Waals surface area (Å²) in [5.41, 5.74) is 2.49. The molecule has 150 valence electrons. The number of allylic oxidation sites excluding steroid dienone is 1. The first-order valence-corrected chi connectivity index (χ1v) is 10.8. The molecule has 0 bridgehead atoms. The van der Waals surface area contributed by atoms with Gasteiger partial charge in [0, 0.05) is 31.1 Å². The first kappa shape index (κ1) is 19.4. The van der Waals surface area contributed by atoms with Crippen LogP contribution in [0.3, 0.4) is 0 Å². The smallest absolute Gasteiger partial charge is 0.414 e. The van der Waals surface area contributed by atoms with Crippen LogP contribution in [0.15, 0.2) is 24.3 Å². The fraction of sp³-hybridized carbons (Fsp3) is 0.545. The van der Waals surface area contributed by atoms with Crippen molar-refractivity contribution in [2.24, 2.45) is 5.92 Å². The number of nitrogens with zero attached hydrogens (tertiary/aromatic N) is 3. The van der Waals surface area contributed by atoms with Gasteiger partial charge in [-0.2, -0.15) is 0 Å². The number of carbonyl (C=O) groups is 1. The quantitative estimate of drug-likeness (QED) is 0.717. The van der Waals surface area contributed by atoms with Crippen LogP contribution >= 0.6 is 11.3 Å². The number of hydrogen-bond donors (Lipinski definition) is 0. The van der Waals surface area contributed by atoms with Gasteiger partial charge in [0.15, 0.2) is 0 Å². The number of rotatable bonds is 2. The normalized spacial score (nSPS) is 21.5. The maximum absolute atomic E-state index is 12.8. The van der Waals surface area contributed by atoms with E-state index in [2.05, 4.69) is 43.1 Å². The summed E-state index contributed by atoms with van der Waals surface area (Å²) in [5.74, 6) is 0.973. The van der Waals surface area contributed by atoms with Crippen LogP contribution in [-0.2, 0) is 4.74 Å². The van der Waals surface area contributed by atoms with E-state index in [1.165, 1.54) is 9.71 Å². The van der Waals surface area contributed by atoms with Crippen molar-refractivity contribution < 1.29 is 9.53 Å². The van der Waals surface area contributed by atoms with Crippen LogP contribution in [-0.4, -0.2) is 53.2 Å². The van der Waals surface area contributed by atoms with Crippen LogP contribution in [0.4, 0.5) is 4.79 Å². The molecular weight excluding hydrogens is 370 g/mol.